The predicted octanol–water partition coefficient (Wildman–Crippen LogP) is 3.74. The molecular weight excluding hydrogens is 288 g/mol. The van der Waals surface area contributed by atoms with E-state index in [1.807, 2.05) is 32.0 Å². The van der Waals surface area contributed by atoms with Crippen molar-refractivity contribution < 1.29 is 9.53 Å². The molecule has 0 unspecified atom stereocenters. The minimum absolute atomic E-state index is 0.00738. The molecule has 4 heteroatoms. The van der Waals surface area contributed by atoms with Gasteiger partial charge in [0.15, 0.2) is 6.61 Å². The molecule has 0 bridgehead atoms. The number of nitrogens with zero attached hydrogens (tertiary/aromatic N) is 1. The maximum absolute atomic E-state index is 12.0. The number of aryl methyl sites for hydroxylation is 1. The zero-order chi connectivity index (χ0) is 16.4. The van der Waals surface area contributed by atoms with E-state index in [1.165, 1.54) is 11.1 Å². The van der Waals surface area contributed by atoms with Crippen LogP contribution >= 0.6 is 0 Å². The first-order valence-electron chi connectivity index (χ1n) is 7.93. The Morgan fingerprint density at radius 3 is 2.78 bits per heavy atom. The molecule has 23 heavy (non-hydrogen) atoms. The molecule has 0 spiro atoms. The van der Waals surface area contributed by atoms with Crippen LogP contribution in [0.3, 0.4) is 0 Å². The van der Waals surface area contributed by atoms with Crippen LogP contribution in [0.4, 0.5) is 11.4 Å². The Labute approximate surface area is 137 Å². The van der Waals surface area contributed by atoms with E-state index in [9.17, 15) is 4.79 Å². The molecule has 1 aliphatic heterocycles. The van der Waals surface area contributed by atoms with Gasteiger partial charge in [0, 0.05) is 24.3 Å². The lowest BCUT2D eigenvalue weighted by molar-refractivity contribution is -0.121. The molecule has 0 aromatic heterocycles. The molecule has 0 atom stereocenters. The average Bonchev–Trinajstić information content (AvgIpc) is 2.52. The average molecular weight is 310 g/mol. The molecule has 1 N–H and O–H groups in total. The third-order valence-electron chi connectivity index (χ3n) is 3.93. The highest BCUT2D eigenvalue weighted by Crippen LogP contribution is 2.35. The lowest BCUT2D eigenvalue weighted by Gasteiger charge is -2.32. The van der Waals surface area contributed by atoms with Gasteiger partial charge < -0.3 is 15.0 Å². The first kappa shape index (κ1) is 15.4. The number of amides is 1. The van der Waals surface area contributed by atoms with Gasteiger partial charge in [-0.05, 0) is 38.5 Å². The van der Waals surface area contributed by atoms with Crippen molar-refractivity contribution in [2.24, 2.45) is 0 Å². The summed E-state index contributed by atoms with van der Waals surface area (Å²) in [7, 11) is 0. The standard InChI is InChI=1S/C19H22N2O2/c1-13(2)21-17-8-7-16(10-18(17)23-12-19(21)22)20-11-15-6-4-5-14(3)9-15/h4-10,13,20H,11-12H2,1-3H3. The molecule has 4 nitrogen and oxygen atoms in total. The van der Waals surface area contributed by atoms with Crippen LogP contribution in [0.5, 0.6) is 5.75 Å². The van der Waals surface area contributed by atoms with E-state index < -0.39 is 0 Å². The summed E-state index contributed by atoms with van der Waals surface area (Å²) in [5.74, 6) is 0.764. The summed E-state index contributed by atoms with van der Waals surface area (Å²) >= 11 is 0. The number of carbonyl (C=O) groups is 1. The van der Waals surface area contributed by atoms with Crippen LogP contribution < -0.4 is 15.0 Å². The van der Waals surface area contributed by atoms with Crippen molar-refractivity contribution in [1.82, 2.24) is 0 Å². The number of hydrogen-bond acceptors (Lipinski definition) is 3. The third kappa shape index (κ3) is 3.31. The highest BCUT2D eigenvalue weighted by Gasteiger charge is 2.27. The maximum Gasteiger partial charge on any atom is 0.265 e. The van der Waals surface area contributed by atoms with Crippen LogP contribution in [0, 0.1) is 6.92 Å². The van der Waals surface area contributed by atoms with Crippen molar-refractivity contribution >= 4 is 17.3 Å². The van der Waals surface area contributed by atoms with Gasteiger partial charge in [0.05, 0.1) is 5.69 Å². The van der Waals surface area contributed by atoms with Crippen LogP contribution in [-0.2, 0) is 11.3 Å². The number of ether oxygens (including phenoxy) is 1. The number of carbonyl (C=O) groups excluding carboxylic acids is 1. The summed E-state index contributed by atoms with van der Waals surface area (Å²) in [6.45, 7) is 6.97. The van der Waals surface area contributed by atoms with Crippen molar-refractivity contribution in [3.8, 4) is 5.75 Å². The number of hydrogen-bond donors (Lipinski definition) is 1. The first-order valence-corrected chi connectivity index (χ1v) is 7.93. The molecule has 3 rings (SSSR count). The monoisotopic (exact) mass is 310 g/mol. The SMILES string of the molecule is Cc1cccc(CNc2ccc3c(c2)OCC(=O)N3C(C)C)c1. The van der Waals surface area contributed by atoms with Crippen LogP contribution in [0.1, 0.15) is 25.0 Å². The van der Waals surface area contributed by atoms with Gasteiger partial charge in [-0.15, -0.1) is 0 Å². The van der Waals surface area contributed by atoms with E-state index in [0.717, 1.165) is 23.7 Å². The fraction of sp³-hybridized carbons (Fsp3) is 0.316. The fourth-order valence-electron chi connectivity index (χ4n) is 2.87. The highest BCUT2D eigenvalue weighted by atomic mass is 16.5. The van der Waals surface area contributed by atoms with Gasteiger partial charge in [-0.25, -0.2) is 0 Å². The molecule has 1 aliphatic rings. The minimum atomic E-state index is 0.00738. The van der Waals surface area contributed by atoms with E-state index in [4.69, 9.17) is 4.74 Å². The second kappa shape index (κ2) is 6.32. The van der Waals surface area contributed by atoms with Crippen LogP contribution in [-0.4, -0.2) is 18.6 Å². The van der Waals surface area contributed by atoms with E-state index in [2.05, 4.69) is 36.5 Å². The normalized spacial score (nSPS) is 13.7. The van der Waals surface area contributed by atoms with Crippen molar-refractivity contribution in [3.63, 3.8) is 0 Å². The molecule has 0 saturated carbocycles. The largest absolute Gasteiger partial charge is 0.481 e. The zero-order valence-electron chi connectivity index (χ0n) is 13.8. The van der Waals surface area contributed by atoms with Gasteiger partial charge >= 0.3 is 0 Å². The van der Waals surface area contributed by atoms with Gasteiger partial charge in [-0.2, -0.15) is 0 Å². The quantitative estimate of drug-likeness (QED) is 0.935. The summed E-state index contributed by atoms with van der Waals surface area (Å²) in [4.78, 5) is 13.8. The number of anilines is 2. The van der Waals surface area contributed by atoms with Crippen molar-refractivity contribution in [2.45, 2.75) is 33.4 Å². The Balaban J connectivity index is 1.77. The van der Waals surface area contributed by atoms with Crippen LogP contribution in [0.2, 0.25) is 0 Å². The van der Waals surface area contributed by atoms with Gasteiger partial charge in [0.1, 0.15) is 5.75 Å². The summed E-state index contributed by atoms with van der Waals surface area (Å²) in [6.07, 6.45) is 0. The molecule has 0 fully saturated rings. The predicted molar refractivity (Wildman–Crippen MR) is 93.1 cm³/mol. The molecule has 120 valence electrons. The Kier molecular flexibility index (Phi) is 4.24. The minimum Gasteiger partial charge on any atom is -0.481 e. The molecular formula is C19H22N2O2. The Hall–Kier alpha value is -2.49. The highest BCUT2D eigenvalue weighted by molar-refractivity contribution is 5.98. The fourth-order valence-corrected chi connectivity index (χ4v) is 2.87. The number of benzene rings is 2. The van der Waals surface area contributed by atoms with Crippen LogP contribution in [0.25, 0.3) is 0 Å². The lowest BCUT2D eigenvalue weighted by Crippen LogP contribution is -2.43. The Morgan fingerprint density at radius 2 is 2.04 bits per heavy atom. The van der Waals surface area contributed by atoms with Crippen molar-refractivity contribution in [2.75, 3.05) is 16.8 Å². The zero-order valence-corrected chi connectivity index (χ0v) is 13.8. The molecule has 1 heterocycles. The van der Waals surface area contributed by atoms with Gasteiger partial charge in [-0.3, -0.25) is 4.79 Å². The van der Waals surface area contributed by atoms with Gasteiger partial charge in [0.25, 0.3) is 5.91 Å². The molecule has 0 aliphatic carbocycles. The molecule has 0 saturated heterocycles. The molecule has 1 amide bonds. The Morgan fingerprint density at radius 1 is 1.22 bits per heavy atom. The second-order valence-electron chi connectivity index (χ2n) is 6.17. The number of fused-ring (bicyclic) bond motifs is 1. The summed E-state index contributed by atoms with van der Waals surface area (Å²) in [5.41, 5.74) is 4.33. The smallest absolute Gasteiger partial charge is 0.265 e. The van der Waals surface area contributed by atoms with E-state index in [1.54, 1.807) is 4.90 Å². The van der Waals surface area contributed by atoms with Crippen LogP contribution in [0.15, 0.2) is 42.5 Å². The van der Waals surface area contributed by atoms with E-state index in [-0.39, 0.29) is 18.6 Å². The first-order chi connectivity index (χ1) is 11.0. The Bertz CT molecular complexity index is 725. The second-order valence-corrected chi connectivity index (χ2v) is 6.17. The van der Waals surface area contributed by atoms with E-state index in [0.29, 0.717) is 0 Å². The molecule has 2 aromatic carbocycles. The topological polar surface area (TPSA) is 41.6 Å². The summed E-state index contributed by atoms with van der Waals surface area (Å²) < 4.78 is 5.60. The van der Waals surface area contributed by atoms with Crippen molar-refractivity contribution in [1.29, 1.82) is 0 Å². The summed E-state index contributed by atoms with van der Waals surface area (Å²) in [6, 6.07) is 14.5. The summed E-state index contributed by atoms with van der Waals surface area (Å²) in [5, 5.41) is 3.41. The third-order valence-corrected chi connectivity index (χ3v) is 3.93. The molecule has 2 aromatic rings. The molecule has 0 radical (unpaired) electrons. The lowest BCUT2D eigenvalue weighted by atomic mass is 10.1. The van der Waals surface area contributed by atoms with E-state index >= 15 is 0 Å². The van der Waals surface area contributed by atoms with Gasteiger partial charge in [0.2, 0.25) is 0 Å². The number of rotatable bonds is 4. The maximum atomic E-state index is 12.0. The number of nitrogens with one attached hydrogen (secondary N) is 1. The van der Waals surface area contributed by atoms with Crippen molar-refractivity contribution in [3.05, 3.63) is 53.6 Å². The van der Waals surface area contributed by atoms with Gasteiger partial charge in [-0.1, -0.05) is 29.8 Å².